The van der Waals surface area contributed by atoms with Crippen LogP contribution in [0.25, 0.3) is 0 Å². The summed E-state index contributed by atoms with van der Waals surface area (Å²) >= 11 is 0. The summed E-state index contributed by atoms with van der Waals surface area (Å²) in [4.78, 5) is 50.5. The molecular weight excluding hydrogens is 540 g/mol. The highest BCUT2D eigenvalue weighted by Gasteiger charge is 2.40. The number of rotatable bonds is 5. The van der Waals surface area contributed by atoms with Gasteiger partial charge in [0.05, 0.1) is 18.9 Å². The maximum absolute atomic E-state index is 14.2. The van der Waals surface area contributed by atoms with E-state index in [4.69, 9.17) is 19.4 Å². The summed E-state index contributed by atoms with van der Waals surface area (Å²) in [5.41, 5.74) is 0.900. The number of carbonyl (C=O) groups excluding carboxylic acids is 3. The Balaban J connectivity index is 0.00000147. The van der Waals surface area contributed by atoms with Gasteiger partial charge in [0.25, 0.3) is 6.47 Å². The number of hydrogen-bond acceptors (Lipinski definition) is 6. The number of hydrogen-bond donors (Lipinski definition) is 2. The third-order valence-electron chi connectivity index (χ3n) is 6.97. The molecule has 0 radical (unpaired) electrons. The number of halogens is 2. The van der Waals surface area contributed by atoms with Crippen LogP contribution in [-0.2, 0) is 30.3 Å². The summed E-state index contributed by atoms with van der Waals surface area (Å²) in [6, 6.07) is 11.3. The molecule has 12 heteroatoms. The van der Waals surface area contributed by atoms with Crippen molar-refractivity contribution in [2.24, 2.45) is 5.92 Å². The second kappa shape index (κ2) is 15.7. The highest BCUT2D eigenvalue weighted by molar-refractivity contribution is 5.84. The van der Waals surface area contributed by atoms with Crippen LogP contribution in [0.15, 0.2) is 42.5 Å². The van der Waals surface area contributed by atoms with Crippen LogP contribution in [-0.4, -0.2) is 91.6 Å². The molecule has 2 bridgehead atoms. The Morgan fingerprint density at radius 3 is 2.59 bits per heavy atom. The molecule has 2 aromatic rings. The van der Waals surface area contributed by atoms with Crippen molar-refractivity contribution in [2.75, 3.05) is 52.5 Å². The normalized spacial score (nSPS) is 19.0. The van der Waals surface area contributed by atoms with Crippen molar-refractivity contribution >= 4 is 24.2 Å². The van der Waals surface area contributed by atoms with Gasteiger partial charge in [-0.2, -0.15) is 0 Å². The van der Waals surface area contributed by atoms with E-state index >= 15 is 0 Å². The molecular formula is C29H35F2N3O7. The summed E-state index contributed by atoms with van der Waals surface area (Å²) < 4.78 is 39.0. The quantitative estimate of drug-likeness (QED) is 0.524. The molecule has 3 amide bonds. The Morgan fingerprint density at radius 2 is 1.83 bits per heavy atom. The first-order chi connectivity index (χ1) is 19.8. The molecule has 2 aliphatic rings. The van der Waals surface area contributed by atoms with E-state index in [9.17, 15) is 23.2 Å². The number of nitrogens with one attached hydrogen (secondary N) is 1. The molecule has 10 nitrogen and oxygen atoms in total. The molecule has 0 unspecified atom stereocenters. The standard InChI is InChI=1S/C28H33F2N3O5.CH2O2/c1-2-37-18-26(35)33-16-22-19-6-3-8-21(14-19)38-13-5-11-32(12-10-31-28(36)23(22)17-33)25(34)15-20-7-4-9-24(29)27(20)30;2-1-3/h3-4,6-9,14,22-23H,2,5,10-13,15-18H2,1H3,(H,31,36);1H,(H,2,3)/t22-,23+;/m1./s1. The molecule has 2 N–H and O–H groups in total. The number of ether oxygens (including phenoxy) is 2. The maximum Gasteiger partial charge on any atom is 0.290 e. The molecule has 2 aromatic carbocycles. The zero-order valence-corrected chi connectivity index (χ0v) is 22.9. The van der Waals surface area contributed by atoms with E-state index in [1.165, 1.54) is 17.0 Å². The molecule has 1 saturated heterocycles. The van der Waals surface area contributed by atoms with Gasteiger partial charge in [0.2, 0.25) is 17.7 Å². The fourth-order valence-corrected chi connectivity index (χ4v) is 4.94. The lowest BCUT2D eigenvalue weighted by Gasteiger charge is -2.25. The molecule has 2 heterocycles. The van der Waals surface area contributed by atoms with Crippen molar-refractivity contribution in [1.29, 1.82) is 0 Å². The van der Waals surface area contributed by atoms with Crippen LogP contribution < -0.4 is 10.1 Å². The topological polar surface area (TPSA) is 125 Å². The van der Waals surface area contributed by atoms with Crippen molar-refractivity contribution in [3.8, 4) is 5.75 Å². The van der Waals surface area contributed by atoms with E-state index in [-0.39, 0.29) is 68.3 Å². The highest BCUT2D eigenvalue weighted by Crippen LogP contribution is 2.34. The van der Waals surface area contributed by atoms with Gasteiger partial charge in [-0.25, -0.2) is 8.78 Å². The summed E-state index contributed by atoms with van der Waals surface area (Å²) in [5, 5.41) is 9.81. The van der Waals surface area contributed by atoms with Gasteiger partial charge < -0.3 is 29.7 Å². The lowest BCUT2D eigenvalue weighted by atomic mass is 9.88. The smallest absolute Gasteiger partial charge is 0.290 e. The minimum atomic E-state index is -1.03. The Kier molecular flexibility index (Phi) is 12.0. The van der Waals surface area contributed by atoms with Gasteiger partial charge in [0.1, 0.15) is 12.4 Å². The summed E-state index contributed by atoms with van der Waals surface area (Å²) in [6.45, 7) is 3.67. The van der Waals surface area contributed by atoms with Gasteiger partial charge in [-0.15, -0.1) is 0 Å². The fraction of sp³-hybridized carbons (Fsp3) is 0.448. The van der Waals surface area contributed by atoms with Crippen molar-refractivity contribution < 1.29 is 42.5 Å². The molecule has 222 valence electrons. The molecule has 0 aromatic heterocycles. The van der Waals surface area contributed by atoms with Crippen LogP contribution >= 0.6 is 0 Å². The Bertz CT molecular complexity index is 1210. The van der Waals surface area contributed by atoms with E-state index in [0.29, 0.717) is 38.5 Å². The number of fused-ring (bicyclic) bond motifs is 4. The lowest BCUT2D eigenvalue weighted by molar-refractivity contribution is -0.135. The van der Waals surface area contributed by atoms with E-state index in [1.807, 2.05) is 31.2 Å². The van der Waals surface area contributed by atoms with Crippen molar-refractivity contribution in [2.45, 2.75) is 25.7 Å². The molecule has 2 aliphatic heterocycles. The van der Waals surface area contributed by atoms with Crippen LogP contribution in [0.4, 0.5) is 8.78 Å². The average Bonchev–Trinajstić information content (AvgIpc) is 3.41. The van der Waals surface area contributed by atoms with Crippen LogP contribution in [0, 0.1) is 17.6 Å². The Labute approximate surface area is 237 Å². The SMILES string of the molecule is CCOCC(=O)N1C[C@@H]2C(=O)NCCN(C(=O)Cc3cccc(F)c3F)CCCOc3cccc(c3)[C@H]2C1.O=CO. The predicted molar refractivity (Wildman–Crippen MR) is 144 cm³/mol. The van der Waals surface area contributed by atoms with Gasteiger partial charge in [-0.3, -0.25) is 19.2 Å². The second-order valence-electron chi connectivity index (χ2n) is 9.59. The van der Waals surface area contributed by atoms with Crippen molar-refractivity contribution in [3.05, 3.63) is 65.2 Å². The van der Waals surface area contributed by atoms with Gasteiger partial charge in [0.15, 0.2) is 11.6 Å². The minimum Gasteiger partial charge on any atom is -0.494 e. The largest absolute Gasteiger partial charge is 0.494 e. The zero-order chi connectivity index (χ0) is 29.8. The first kappa shape index (κ1) is 31.5. The predicted octanol–water partition coefficient (Wildman–Crippen LogP) is 2.21. The second-order valence-corrected chi connectivity index (χ2v) is 9.59. The monoisotopic (exact) mass is 575 g/mol. The molecule has 0 spiro atoms. The number of nitrogens with zero attached hydrogens (tertiary/aromatic N) is 2. The summed E-state index contributed by atoms with van der Waals surface area (Å²) in [7, 11) is 0. The van der Waals surface area contributed by atoms with Gasteiger partial charge >= 0.3 is 0 Å². The van der Waals surface area contributed by atoms with Crippen LogP contribution in [0.1, 0.15) is 30.4 Å². The van der Waals surface area contributed by atoms with Crippen LogP contribution in [0.5, 0.6) is 5.75 Å². The molecule has 4 rings (SSSR count). The van der Waals surface area contributed by atoms with Crippen molar-refractivity contribution in [1.82, 2.24) is 15.1 Å². The summed E-state index contributed by atoms with van der Waals surface area (Å²) in [5.74, 6) is -2.85. The van der Waals surface area contributed by atoms with Crippen molar-refractivity contribution in [3.63, 3.8) is 0 Å². The minimum absolute atomic E-state index is 0.0166. The Morgan fingerprint density at radius 1 is 1.10 bits per heavy atom. The third-order valence-corrected chi connectivity index (χ3v) is 6.97. The molecule has 0 aliphatic carbocycles. The van der Waals surface area contributed by atoms with Crippen LogP contribution in [0.3, 0.4) is 0 Å². The average molecular weight is 576 g/mol. The highest BCUT2D eigenvalue weighted by atomic mass is 19.2. The van der Waals surface area contributed by atoms with Crippen LogP contribution in [0.2, 0.25) is 0 Å². The van der Waals surface area contributed by atoms with Gasteiger partial charge in [0, 0.05) is 50.8 Å². The third kappa shape index (κ3) is 8.71. The molecule has 1 fully saturated rings. The molecule has 2 atom stereocenters. The van der Waals surface area contributed by atoms with E-state index in [1.54, 1.807) is 4.90 Å². The number of carboxylic acid groups (broad SMARTS) is 1. The first-order valence-corrected chi connectivity index (χ1v) is 13.4. The number of likely N-dealkylation sites (tertiary alicyclic amines) is 1. The zero-order valence-electron chi connectivity index (χ0n) is 22.9. The molecule has 0 saturated carbocycles. The van der Waals surface area contributed by atoms with Gasteiger partial charge in [-0.05, 0) is 37.1 Å². The number of carbonyl (C=O) groups is 4. The first-order valence-electron chi connectivity index (χ1n) is 13.4. The molecule has 41 heavy (non-hydrogen) atoms. The van der Waals surface area contributed by atoms with Gasteiger partial charge in [-0.1, -0.05) is 24.3 Å². The van der Waals surface area contributed by atoms with E-state index in [0.717, 1.165) is 11.6 Å². The lowest BCUT2D eigenvalue weighted by Crippen LogP contribution is -2.43. The Hall–Kier alpha value is -4.06. The summed E-state index contributed by atoms with van der Waals surface area (Å²) in [6.07, 6.45) is 0.226. The number of benzene rings is 2. The maximum atomic E-state index is 14.2. The number of amides is 3. The fourth-order valence-electron chi connectivity index (χ4n) is 4.94. The van der Waals surface area contributed by atoms with E-state index < -0.39 is 17.6 Å². The van der Waals surface area contributed by atoms with E-state index in [2.05, 4.69) is 5.32 Å².